The fourth-order valence-electron chi connectivity index (χ4n) is 1.82. The second-order valence-electron chi connectivity index (χ2n) is 6.06. The highest BCUT2D eigenvalue weighted by molar-refractivity contribution is 7.99. The average molecular weight is 350 g/mol. The van der Waals surface area contributed by atoms with Crippen LogP contribution in [0.3, 0.4) is 0 Å². The SMILES string of the molecule is CC(C)(C)c1nnc(SCCCc2nc(-c3cccs3)no2)o1. The molecule has 3 rings (SSSR count). The Balaban J connectivity index is 1.46. The van der Waals surface area contributed by atoms with E-state index in [0.717, 1.165) is 23.5 Å². The van der Waals surface area contributed by atoms with E-state index in [9.17, 15) is 0 Å². The molecular weight excluding hydrogens is 332 g/mol. The van der Waals surface area contributed by atoms with E-state index in [0.29, 0.717) is 22.8 Å². The summed E-state index contributed by atoms with van der Waals surface area (Å²) in [5, 5.41) is 14.8. The summed E-state index contributed by atoms with van der Waals surface area (Å²) in [5.74, 6) is 2.85. The van der Waals surface area contributed by atoms with E-state index in [-0.39, 0.29) is 5.41 Å². The molecule has 8 heteroatoms. The van der Waals surface area contributed by atoms with Gasteiger partial charge in [-0.2, -0.15) is 4.98 Å². The van der Waals surface area contributed by atoms with Crippen LogP contribution >= 0.6 is 23.1 Å². The van der Waals surface area contributed by atoms with E-state index >= 15 is 0 Å². The number of thiophene rings is 1. The molecule has 0 fully saturated rings. The fourth-order valence-corrected chi connectivity index (χ4v) is 3.17. The molecule has 0 saturated carbocycles. The molecule has 0 aliphatic rings. The molecular formula is C15H18N4O2S2. The summed E-state index contributed by atoms with van der Waals surface area (Å²) < 4.78 is 10.9. The van der Waals surface area contributed by atoms with Gasteiger partial charge in [0.15, 0.2) is 0 Å². The number of thioether (sulfide) groups is 1. The summed E-state index contributed by atoms with van der Waals surface area (Å²) in [6.45, 7) is 6.15. The van der Waals surface area contributed by atoms with Crippen LogP contribution < -0.4 is 0 Å². The first-order chi connectivity index (χ1) is 11.0. The smallest absolute Gasteiger partial charge is 0.276 e. The van der Waals surface area contributed by atoms with E-state index in [1.165, 1.54) is 0 Å². The Morgan fingerprint density at radius 1 is 1.26 bits per heavy atom. The minimum Gasteiger partial charge on any atom is -0.415 e. The summed E-state index contributed by atoms with van der Waals surface area (Å²) >= 11 is 3.16. The number of nitrogens with zero attached hydrogens (tertiary/aromatic N) is 4. The Labute approximate surface area is 142 Å². The van der Waals surface area contributed by atoms with Crippen LogP contribution in [0.5, 0.6) is 0 Å². The van der Waals surface area contributed by atoms with Crippen molar-refractivity contribution in [2.75, 3.05) is 5.75 Å². The lowest BCUT2D eigenvalue weighted by Gasteiger charge is -2.10. The molecule has 0 N–H and O–H groups in total. The lowest BCUT2D eigenvalue weighted by molar-refractivity contribution is 0.347. The molecule has 0 spiro atoms. The van der Waals surface area contributed by atoms with E-state index in [4.69, 9.17) is 8.94 Å². The number of hydrogen-bond donors (Lipinski definition) is 0. The van der Waals surface area contributed by atoms with E-state index in [1.807, 2.05) is 17.5 Å². The molecule has 0 radical (unpaired) electrons. The van der Waals surface area contributed by atoms with Crippen LogP contribution in [0.1, 0.15) is 39.0 Å². The maximum atomic E-state index is 5.64. The highest BCUT2D eigenvalue weighted by Crippen LogP contribution is 2.25. The Bertz CT molecular complexity index is 744. The van der Waals surface area contributed by atoms with Gasteiger partial charge < -0.3 is 8.94 Å². The van der Waals surface area contributed by atoms with Gasteiger partial charge in [-0.05, 0) is 17.9 Å². The Morgan fingerprint density at radius 2 is 2.13 bits per heavy atom. The lowest BCUT2D eigenvalue weighted by Crippen LogP contribution is -2.11. The molecule has 0 atom stereocenters. The van der Waals surface area contributed by atoms with Gasteiger partial charge >= 0.3 is 0 Å². The van der Waals surface area contributed by atoms with Gasteiger partial charge in [-0.3, -0.25) is 0 Å². The second-order valence-corrected chi connectivity index (χ2v) is 8.06. The van der Waals surface area contributed by atoms with Crippen LogP contribution in [0.15, 0.2) is 31.7 Å². The van der Waals surface area contributed by atoms with Gasteiger partial charge in [0.05, 0.1) is 4.88 Å². The fraction of sp³-hybridized carbons (Fsp3) is 0.467. The van der Waals surface area contributed by atoms with Gasteiger partial charge in [0.25, 0.3) is 5.22 Å². The van der Waals surface area contributed by atoms with Gasteiger partial charge in [-0.1, -0.05) is 43.8 Å². The highest BCUT2D eigenvalue weighted by Gasteiger charge is 2.21. The van der Waals surface area contributed by atoms with Crippen molar-refractivity contribution in [3.8, 4) is 10.7 Å². The zero-order valence-electron chi connectivity index (χ0n) is 13.3. The quantitative estimate of drug-likeness (QED) is 0.487. The van der Waals surface area contributed by atoms with Gasteiger partial charge in [0.1, 0.15) is 0 Å². The molecule has 0 aliphatic carbocycles. The summed E-state index contributed by atoms with van der Waals surface area (Å²) in [5.41, 5.74) is -0.117. The van der Waals surface area contributed by atoms with Crippen molar-refractivity contribution in [2.45, 2.75) is 44.3 Å². The maximum absolute atomic E-state index is 5.64. The van der Waals surface area contributed by atoms with Gasteiger partial charge in [-0.15, -0.1) is 21.5 Å². The Morgan fingerprint density at radius 3 is 2.83 bits per heavy atom. The maximum Gasteiger partial charge on any atom is 0.276 e. The first kappa shape index (κ1) is 16.2. The summed E-state index contributed by atoms with van der Waals surface area (Å²) in [4.78, 5) is 5.43. The molecule has 0 amide bonds. The molecule has 6 nitrogen and oxygen atoms in total. The van der Waals surface area contributed by atoms with E-state index in [1.54, 1.807) is 23.1 Å². The Hall–Kier alpha value is -1.67. The van der Waals surface area contributed by atoms with Gasteiger partial charge in [-0.25, -0.2) is 0 Å². The lowest BCUT2D eigenvalue weighted by atomic mass is 9.97. The predicted octanol–water partition coefficient (Wildman–Crippen LogP) is 4.20. The standard InChI is InChI=1S/C15H18N4O2S2/c1-15(2,3)13-17-18-14(20-13)23-9-5-7-11-16-12(19-21-11)10-6-4-8-22-10/h4,6,8H,5,7,9H2,1-3H3. The minimum absolute atomic E-state index is 0.117. The molecule has 0 unspecified atom stereocenters. The molecule has 0 bridgehead atoms. The predicted molar refractivity (Wildman–Crippen MR) is 89.7 cm³/mol. The zero-order valence-corrected chi connectivity index (χ0v) is 14.9. The second kappa shape index (κ2) is 6.84. The summed E-state index contributed by atoms with van der Waals surface area (Å²) in [6.07, 6.45) is 1.65. The Kier molecular flexibility index (Phi) is 4.82. The number of rotatable bonds is 6. The van der Waals surface area contributed by atoms with E-state index < -0.39 is 0 Å². The average Bonchev–Trinajstić information content (AvgIpc) is 3.22. The van der Waals surface area contributed by atoms with Crippen molar-refractivity contribution in [2.24, 2.45) is 0 Å². The van der Waals surface area contributed by atoms with Crippen LogP contribution in [0.2, 0.25) is 0 Å². The largest absolute Gasteiger partial charge is 0.415 e. The number of hydrogen-bond acceptors (Lipinski definition) is 8. The summed E-state index contributed by atoms with van der Waals surface area (Å²) in [6, 6.07) is 3.96. The third-order valence-electron chi connectivity index (χ3n) is 3.02. The third-order valence-corrected chi connectivity index (χ3v) is 4.79. The molecule has 3 aromatic rings. The van der Waals surface area contributed by atoms with Crippen LogP contribution in [-0.2, 0) is 11.8 Å². The van der Waals surface area contributed by atoms with Crippen LogP contribution in [-0.4, -0.2) is 26.1 Å². The van der Waals surface area contributed by atoms with Crippen molar-refractivity contribution in [1.29, 1.82) is 0 Å². The molecule has 122 valence electrons. The minimum atomic E-state index is -0.117. The van der Waals surface area contributed by atoms with Gasteiger partial charge in [0.2, 0.25) is 17.6 Å². The highest BCUT2D eigenvalue weighted by atomic mass is 32.2. The van der Waals surface area contributed by atoms with Crippen LogP contribution in [0, 0.1) is 0 Å². The van der Waals surface area contributed by atoms with Crippen molar-refractivity contribution < 1.29 is 8.94 Å². The van der Waals surface area contributed by atoms with Gasteiger partial charge in [0, 0.05) is 17.6 Å². The molecule has 0 aromatic carbocycles. The molecule has 0 aliphatic heterocycles. The van der Waals surface area contributed by atoms with Crippen molar-refractivity contribution >= 4 is 23.1 Å². The normalized spacial score (nSPS) is 12.0. The van der Waals surface area contributed by atoms with Crippen LogP contribution in [0.25, 0.3) is 10.7 Å². The molecule has 3 aromatic heterocycles. The zero-order chi connectivity index (χ0) is 16.3. The summed E-state index contributed by atoms with van der Waals surface area (Å²) in [7, 11) is 0. The number of aromatic nitrogens is 4. The third kappa shape index (κ3) is 4.20. The monoisotopic (exact) mass is 350 g/mol. The van der Waals surface area contributed by atoms with Crippen molar-refractivity contribution in [3.63, 3.8) is 0 Å². The van der Waals surface area contributed by atoms with E-state index in [2.05, 4.69) is 41.1 Å². The van der Waals surface area contributed by atoms with Crippen molar-refractivity contribution in [1.82, 2.24) is 20.3 Å². The first-order valence-corrected chi connectivity index (χ1v) is 9.22. The molecule has 0 saturated heterocycles. The molecule has 3 heterocycles. The molecule has 23 heavy (non-hydrogen) atoms. The number of aryl methyl sites for hydroxylation is 1. The van der Waals surface area contributed by atoms with Crippen LogP contribution in [0.4, 0.5) is 0 Å². The first-order valence-electron chi connectivity index (χ1n) is 7.35. The topological polar surface area (TPSA) is 77.8 Å². The van der Waals surface area contributed by atoms with Crippen molar-refractivity contribution in [3.05, 3.63) is 29.3 Å².